The maximum atomic E-state index is 12.9. The van der Waals surface area contributed by atoms with Crippen LogP contribution in [0.15, 0.2) is 134 Å². The van der Waals surface area contributed by atoms with Gasteiger partial charge in [0.25, 0.3) is 0 Å². The Morgan fingerprint density at radius 3 is 0.810 bits per heavy atom. The van der Waals surface area contributed by atoms with Crippen molar-refractivity contribution in [2.24, 2.45) is 0 Å². The first-order chi connectivity index (χ1) is 39.0. The minimum atomic E-state index is -0.808. The van der Waals surface area contributed by atoms with Gasteiger partial charge in [0, 0.05) is 19.3 Å². The lowest BCUT2D eigenvalue weighted by atomic mass is 10.0. The second-order valence-electron chi connectivity index (χ2n) is 21.3. The lowest BCUT2D eigenvalue weighted by molar-refractivity contribution is -0.167. The summed E-state index contributed by atoms with van der Waals surface area (Å²) in [6.07, 6.45) is 93.2. The van der Waals surface area contributed by atoms with Crippen LogP contribution in [0.4, 0.5) is 0 Å². The molecule has 79 heavy (non-hydrogen) atoms. The molecular formula is C73H120O6. The first-order valence-electron chi connectivity index (χ1n) is 32.7. The van der Waals surface area contributed by atoms with E-state index in [2.05, 4.69) is 154 Å². The largest absolute Gasteiger partial charge is 0.462 e. The molecule has 6 nitrogen and oxygen atoms in total. The highest BCUT2D eigenvalue weighted by Crippen LogP contribution is 2.15. The second-order valence-corrected chi connectivity index (χ2v) is 21.3. The lowest BCUT2D eigenvalue weighted by Gasteiger charge is -2.18. The summed E-state index contributed by atoms with van der Waals surface area (Å²) in [5.41, 5.74) is 0. The molecule has 0 radical (unpaired) electrons. The molecule has 0 rings (SSSR count). The fraction of sp³-hybridized carbons (Fsp3) is 0.658. The van der Waals surface area contributed by atoms with Gasteiger partial charge in [0.05, 0.1) is 0 Å². The summed E-state index contributed by atoms with van der Waals surface area (Å²) in [5, 5.41) is 0. The second kappa shape index (κ2) is 66.1. The van der Waals surface area contributed by atoms with E-state index in [1.54, 1.807) is 0 Å². The number of esters is 3. The average Bonchev–Trinajstić information content (AvgIpc) is 3.45. The molecule has 0 amide bonds. The molecule has 448 valence electrons. The third kappa shape index (κ3) is 64.3. The van der Waals surface area contributed by atoms with Crippen molar-refractivity contribution in [2.45, 2.75) is 297 Å². The number of allylic oxidation sites excluding steroid dienone is 22. The summed E-state index contributed by atoms with van der Waals surface area (Å²) in [6.45, 7) is 6.37. The van der Waals surface area contributed by atoms with Crippen molar-refractivity contribution in [3.8, 4) is 0 Å². The highest BCUT2D eigenvalue weighted by atomic mass is 16.6. The van der Waals surface area contributed by atoms with Crippen LogP contribution in [0.2, 0.25) is 0 Å². The Morgan fingerprint density at radius 1 is 0.266 bits per heavy atom. The first-order valence-corrected chi connectivity index (χ1v) is 32.7. The number of carbonyl (C=O) groups excluding carboxylic acids is 3. The zero-order valence-corrected chi connectivity index (χ0v) is 51.3. The Morgan fingerprint density at radius 2 is 0.494 bits per heavy atom. The van der Waals surface area contributed by atoms with Gasteiger partial charge < -0.3 is 14.2 Å². The van der Waals surface area contributed by atoms with Crippen molar-refractivity contribution in [2.75, 3.05) is 13.2 Å². The summed E-state index contributed by atoms with van der Waals surface area (Å²) >= 11 is 0. The molecule has 6 heteroatoms. The molecule has 0 aliphatic carbocycles. The molecule has 0 heterocycles. The van der Waals surface area contributed by atoms with E-state index < -0.39 is 6.10 Å². The third-order valence-corrected chi connectivity index (χ3v) is 13.6. The summed E-state index contributed by atoms with van der Waals surface area (Å²) in [6, 6.07) is 0. The number of carbonyl (C=O) groups is 3. The lowest BCUT2D eigenvalue weighted by Crippen LogP contribution is -2.30. The van der Waals surface area contributed by atoms with E-state index in [1.807, 2.05) is 0 Å². The fourth-order valence-electron chi connectivity index (χ4n) is 8.79. The quantitative estimate of drug-likeness (QED) is 0.0261. The molecule has 0 N–H and O–H groups in total. The van der Waals surface area contributed by atoms with Crippen LogP contribution in [-0.4, -0.2) is 37.2 Å². The van der Waals surface area contributed by atoms with Gasteiger partial charge in [-0.25, -0.2) is 0 Å². The zero-order valence-electron chi connectivity index (χ0n) is 51.3. The van der Waals surface area contributed by atoms with Gasteiger partial charge in [-0.2, -0.15) is 0 Å². The van der Waals surface area contributed by atoms with Crippen LogP contribution in [0.25, 0.3) is 0 Å². The molecule has 1 atom stereocenters. The highest BCUT2D eigenvalue weighted by Gasteiger charge is 2.19. The van der Waals surface area contributed by atoms with Crippen LogP contribution in [-0.2, 0) is 28.6 Å². The SMILES string of the molecule is CC/C=C\C/C=C\C/C=C\C/C=C\C/C=C\C/C=C\CCCCCCCCCCCCCCC(=O)OCC(COC(=O)CCCCCCC/C=C\CCCCCCCC)OC(=O)CCCC/C=C\C/C=C\C/C=C\C/C=C\CC. The molecule has 0 saturated carbocycles. The number of ether oxygens (including phenoxy) is 3. The van der Waals surface area contributed by atoms with Gasteiger partial charge in [0.1, 0.15) is 13.2 Å². The fourth-order valence-corrected chi connectivity index (χ4v) is 8.79. The van der Waals surface area contributed by atoms with Gasteiger partial charge in [-0.1, -0.05) is 270 Å². The number of hydrogen-bond acceptors (Lipinski definition) is 6. The van der Waals surface area contributed by atoms with Crippen LogP contribution < -0.4 is 0 Å². The zero-order chi connectivity index (χ0) is 57.1. The van der Waals surface area contributed by atoms with Crippen LogP contribution in [0, 0.1) is 0 Å². The predicted molar refractivity (Wildman–Crippen MR) is 343 cm³/mol. The third-order valence-electron chi connectivity index (χ3n) is 13.6. The minimum Gasteiger partial charge on any atom is -0.462 e. The van der Waals surface area contributed by atoms with Crippen LogP contribution in [0.1, 0.15) is 290 Å². The Balaban J connectivity index is 4.30. The van der Waals surface area contributed by atoms with Crippen LogP contribution in [0.5, 0.6) is 0 Å². The number of rotatable bonds is 58. The van der Waals surface area contributed by atoms with Gasteiger partial charge in [-0.05, 0) is 135 Å². The van der Waals surface area contributed by atoms with Gasteiger partial charge in [0.15, 0.2) is 6.10 Å². The van der Waals surface area contributed by atoms with E-state index >= 15 is 0 Å². The molecule has 0 saturated heterocycles. The normalized spacial score (nSPS) is 13.0. The molecule has 0 bridgehead atoms. The van der Waals surface area contributed by atoms with Crippen molar-refractivity contribution in [1.82, 2.24) is 0 Å². The van der Waals surface area contributed by atoms with Crippen LogP contribution in [0.3, 0.4) is 0 Å². The van der Waals surface area contributed by atoms with Gasteiger partial charge >= 0.3 is 17.9 Å². The maximum Gasteiger partial charge on any atom is 0.306 e. The Labute approximate surface area is 487 Å². The van der Waals surface area contributed by atoms with Gasteiger partial charge in [-0.3, -0.25) is 14.4 Å². The van der Waals surface area contributed by atoms with Gasteiger partial charge in [-0.15, -0.1) is 0 Å². The standard InChI is InChI=1S/C73H120O6/c1-4-7-10-13-16-19-22-25-28-29-30-31-32-33-34-35-36-37-38-39-40-41-42-43-46-48-51-54-57-60-63-66-72(75)78-69-70(79-73(76)67-64-61-58-55-52-49-45-27-24-21-18-15-12-9-6-3)68-77-71(74)65-62-59-56-53-50-47-44-26-23-20-17-14-11-8-5-2/h7,9-10,12,16,18-19,21,25-28,30-31,33-34,36-37,44-45,52,55,70H,4-6,8,11,13-15,17,20,22-24,29,32,35,38-43,46-51,53-54,56-69H2,1-3H3/b10-7-,12-9-,19-16-,21-18-,28-25-,31-30-,34-33-,37-36-,44-26-,45-27-,55-52-. The van der Waals surface area contributed by atoms with Crippen molar-refractivity contribution in [3.05, 3.63) is 134 Å². The minimum absolute atomic E-state index is 0.101. The maximum absolute atomic E-state index is 12.9. The van der Waals surface area contributed by atoms with E-state index in [0.29, 0.717) is 19.3 Å². The van der Waals surface area contributed by atoms with Crippen LogP contribution >= 0.6 is 0 Å². The molecule has 0 aromatic rings. The molecule has 0 fully saturated rings. The molecule has 1 unspecified atom stereocenters. The van der Waals surface area contributed by atoms with E-state index in [0.717, 1.165) is 128 Å². The summed E-state index contributed by atoms with van der Waals surface area (Å²) in [4.78, 5) is 38.3. The Kier molecular flexibility index (Phi) is 62.3. The van der Waals surface area contributed by atoms with E-state index in [9.17, 15) is 14.4 Å². The summed E-state index contributed by atoms with van der Waals surface area (Å²) in [5.74, 6) is -0.950. The number of hydrogen-bond donors (Lipinski definition) is 0. The topological polar surface area (TPSA) is 78.9 Å². The monoisotopic (exact) mass is 1090 g/mol. The summed E-state index contributed by atoms with van der Waals surface area (Å²) < 4.78 is 16.9. The van der Waals surface area contributed by atoms with E-state index in [4.69, 9.17) is 14.2 Å². The molecule has 0 aliphatic rings. The summed E-state index contributed by atoms with van der Waals surface area (Å²) in [7, 11) is 0. The Bertz CT molecular complexity index is 1680. The molecule has 0 aromatic carbocycles. The first kappa shape index (κ1) is 74.5. The van der Waals surface area contributed by atoms with Crippen molar-refractivity contribution >= 4 is 17.9 Å². The van der Waals surface area contributed by atoms with Gasteiger partial charge in [0.2, 0.25) is 0 Å². The number of unbranched alkanes of at least 4 members (excludes halogenated alkanes) is 25. The molecular weight excluding hydrogens is 973 g/mol. The highest BCUT2D eigenvalue weighted by molar-refractivity contribution is 5.71. The van der Waals surface area contributed by atoms with E-state index in [1.165, 1.54) is 116 Å². The smallest absolute Gasteiger partial charge is 0.306 e. The average molecular weight is 1090 g/mol. The van der Waals surface area contributed by atoms with Crippen molar-refractivity contribution in [1.29, 1.82) is 0 Å². The van der Waals surface area contributed by atoms with E-state index in [-0.39, 0.29) is 37.5 Å². The van der Waals surface area contributed by atoms with Crippen molar-refractivity contribution < 1.29 is 28.6 Å². The Hall–Kier alpha value is -4.45. The predicted octanol–water partition coefficient (Wildman–Crippen LogP) is 22.5. The molecule has 0 aromatic heterocycles. The van der Waals surface area contributed by atoms with Crippen molar-refractivity contribution in [3.63, 3.8) is 0 Å². The molecule has 0 spiro atoms. The molecule has 0 aliphatic heterocycles.